The summed E-state index contributed by atoms with van der Waals surface area (Å²) in [5.41, 5.74) is 0.860. The number of nitrogens with one attached hydrogen (secondary N) is 1. The van der Waals surface area contributed by atoms with Gasteiger partial charge in [0.15, 0.2) is 0 Å². The van der Waals surface area contributed by atoms with Crippen molar-refractivity contribution in [3.05, 3.63) is 59.9 Å². The number of nitrogens with two attached hydrogens (primary N) is 1. The third kappa shape index (κ3) is 7.20. The summed E-state index contributed by atoms with van der Waals surface area (Å²) >= 11 is 0. The van der Waals surface area contributed by atoms with Crippen molar-refractivity contribution in [2.24, 2.45) is 5.14 Å². The van der Waals surface area contributed by atoms with Crippen molar-refractivity contribution in [1.82, 2.24) is 4.31 Å². The Morgan fingerprint density at radius 1 is 1.10 bits per heavy atom. The standard InChI is InChI=1S/C18H22FN3O5S2/c1-22(29(26,27)17-9-7-15(19)8-10-17)11-3-6-18(23)21-16-5-2-4-14(12-16)13-28(20,24)25/h2,4-5,7-10,12H,3,6,11,13H2,1H3,(H,21,23)(H2,20,24,25). The van der Waals surface area contributed by atoms with Crippen molar-refractivity contribution < 1.29 is 26.0 Å². The number of anilines is 1. The van der Waals surface area contributed by atoms with E-state index in [1.165, 1.54) is 25.2 Å². The van der Waals surface area contributed by atoms with Gasteiger partial charge in [0.25, 0.3) is 0 Å². The summed E-state index contributed by atoms with van der Waals surface area (Å²) in [4.78, 5) is 12.1. The number of benzene rings is 2. The van der Waals surface area contributed by atoms with Crippen LogP contribution < -0.4 is 10.5 Å². The normalized spacial score (nSPS) is 12.1. The molecule has 158 valence electrons. The predicted molar refractivity (Wildman–Crippen MR) is 107 cm³/mol. The number of carbonyl (C=O) groups is 1. The monoisotopic (exact) mass is 443 g/mol. The van der Waals surface area contributed by atoms with Crippen LogP contribution in [-0.4, -0.2) is 40.6 Å². The van der Waals surface area contributed by atoms with E-state index in [1.54, 1.807) is 18.2 Å². The topological polar surface area (TPSA) is 127 Å². The molecule has 0 bridgehead atoms. The summed E-state index contributed by atoms with van der Waals surface area (Å²) in [5, 5.41) is 7.64. The Bertz CT molecular complexity index is 1070. The minimum absolute atomic E-state index is 0.0301. The Labute approximate surface area is 169 Å². The highest BCUT2D eigenvalue weighted by molar-refractivity contribution is 7.89. The maximum atomic E-state index is 13.0. The highest BCUT2D eigenvalue weighted by Crippen LogP contribution is 2.16. The van der Waals surface area contributed by atoms with Crippen LogP contribution in [0.15, 0.2) is 53.4 Å². The second kappa shape index (κ2) is 9.44. The van der Waals surface area contributed by atoms with E-state index in [0.717, 1.165) is 16.4 Å². The molecule has 0 aromatic heterocycles. The summed E-state index contributed by atoms with van der Waals surface area (Å²) in [5.74, 6) is -1.22. The number of sulfonamides is 2. The van der Waals surface area contributed by atoms with Crippen molar-refractivity contribution in [1.29, 1.82) is 0 Å². The average molecular weight is 444 g/mol. The molecule has 0 heterocycles. The molecule has 8 nitrogen and oxygen atoms in total. The smallest absolute Gasteiger partial charge is 0.242 e. The van der Waals surface area contributed by atoms with Gasteiger partial charge >= 0.3 is 0 Å². The van der Waals surface area contributed by atoms with E-state index in [0.29, 0.717) is 11.3 Å². The molecule has 0 unspecified atom stereocenters. The van der Waals surface area contributed by atoms with E-state index >= 15 is 0 Å². The van der Waals surface area contributed by atoms with Gasteiger partial charge in [0.2, 0.25) is 26.0 Å². The molecule has 29 heavy (non-hydrogen) atoms. The van der Waals surface area contributed by atoms with Crippen LogP contribution in [0.3, 0.4) is 0 Å². The number of carbonyl (C=O) groups excluding carboxylic acids is 1. The second-order valence-electron chi connectivity index (χ2n) is 6.44. The third-order valence-corrected chi connectivity index (χ3v) is 6.58. The van der Waals surface area contributed by atoms with E-state index in [1.807, 2.05) is 0 Å². The number of primary sulfonamides is 1. The summed E-state index contributed by atoms with van der Waals surface area (Å²) in [6, 6.07) is 10.8. The molecule has 2 aromatic carbocycles. The number of nitrogens with zero attached hydrogens (tertiary/aromatic N) is 1. The molecular formula is C18H22FN3O5S2. The lowest BCUT2D eigenvalue weighted by Gasteiger charge is -2.17. The average Bonchev–Trinajstić information content (AvgIpc) is 2.60. The van der Waals surface area contributed by atoms with Crippen molar-refractivity contribution in [2.45, 2.75) is 23.5 Å². The van der Waals surface area contributed by atoms with Gasteiger partial charge in [-0.05, 0) is 48.4 Å². The van der Waals surface area contributed by atoms with Crippen LogP contribution in [0.5, 0.6) is 0 Å². The van der Waals surface area contributed by atoms with E-state index in [2.05, 4.69) is 5.32 Å². The Kier molecular flexibility index (Phi) is 7.47. The molecule has 0 atom stereocenters. The number of hydrogen-bond donors (Lipinski definition) is 2. The first-order valence-electron chi connectivity index (χ1n) is 8.58. The molecule has 2 rings (SSSR count). The molecule has 1 amide bonds. The zero-order valence-corrected chi connectivity index (χ0v) is 17.3. The number of hydrogen-bond acceptors (Lipinski definition) is 5. The lowest BCUT2D eigenvalue weighted by atomic mass is 10.2. The van der Waals surface area contributed by atoms with E-state index in [-0.39, 0.29) is 35.9 Å². The summed E-state index contributed by atoms with van der Waals surface area (Å²) in [6.07, 6.45) is 0.322. The Morgan fingerprint density at radius 2 is 1.76 bits per heavy atom. The van der Waals surface area contributed by atoms with E-state index in [9.17, 15) is 26.0 Å². The van der Waals surface area contributed by atoms with Crippen molar-refractivity contribution >= 4 is 31.6 Å². The minimum atomic E-state index is -3.77. The quantitative estimate of drug-likeness (QED) is 0.609. The van der Waals surface area contributed by atoms with Gasteiger partial charge in [-0.2, -0.15) is 0 Å². The van der Waals surface area contributed by atoms with Gasteiger partial charge in [-0.15, -0.1) is 0 Å². The molecule has 0 saturated heterocycles. The van der Waals surface area contributed by atoms with Crippen molar-refractivity contribution in [2.75, 3.05) is 18.9 Å². The van der Waals surface area contributed by atoms with Crippen LogP contribution in [0.2, 0.25) is 0 Å². The molecule has 0 aliphatic rings. The first kappa shape index (κ1) is 22.9. The molecule has 3 N–H and O–H groups in total. The highest BCUT2D eigenvalue weighted by Gasteiger charge is 2.20. The second-order valence-corrected chi connectivity index (χ2v) is 10.1. The molecule has 0 aliphatic carbocycles. The predicted octanol–water partition coefficient (Wildman–Crippen LogP) is 1.65. The largest absolute Gasteiger partial charge is 0.326 e. The fourth-order valence-corrected chi connectivity index (χ4v) is 4.42. The fourth-order valence-electron chi connectivity index (χ4n) is 2.56. The van der Waals surface area contributed by atoms with Gasteiger partial charge in [-0.3, -0.25) is 4.79 Å². The molecule has 11 heteroatoms. The van der Waals surface area contributed by atoms with Gasteiger partial charge in [-0.25, -0.2) is 30.7 Å². The molecular weight excluding hydrogens is 421 g/mol. The van der Waals surface area contributed by atoms with Crippen LogP contribution in [0.25, 0.3) is 0 Å². The minimum Gasteiger partial charge on any atom is -0.326 e. The van der Waals surface area contributed by atoms with Crippen LogP contribution in [0.4, 0.5) is 10.1 Å². The molecule has 0 spiro atoms. The number of amides is 1. The number of rotatable bonds is 9. The maximum Gasteiger partial charge on any atom is 0.242 e. The van der Waals surface area contributed by atoms with Gasteiger partial charge < -0.3 is 5.32 Å². The SMILES string of the molecule is CN(CCCC(=O)Nc1cccc(CS(N)(=O)=O)c1)S(=O)(=O)c1ccc(F)cc1. The molecule has 0 fully saturated rings. The zero-order chi connectivity index (χ0) is 21.7. The maximum absolute atomic E-state index is 13.0. The summed E-state index contributed by atoms with van der Waals surface area (Å²) in [6.45, 7) is 0.0958. The van der Waals surface area contributed by atoms with Gasteiger partial charge in [0, 0.05) is 25.7 Å². The van der Waals surface area contributed by atoms with Gasteiger partial charge in [0.05, 0.1) is 10.6 Å². The lowest BCUT2D eigenvalue weighted by molar-refractivity contribution is -0.116. The molecule has 0 aliphatic heterocycles. The first-order valence-corrected chi connectivity index (χ1v) is 11.7. The molecule has 2 aromatic rings. The Morgan fingerprint density at radius 3 is 2.38 bits per heavy atom. The zero-order valence-electron chi connectivity index (χ0n) is 15.7. The Hall–Kier alpha value is -2.34. The highest BCUT2D eigenvalue weighted by atomic mass is 32.2. The van der Waals surface area contributed by atoms with Crippen LogP contribution in [0, 0.1) is 5.82 Å². The van der Waals surface area contributed by atoms with Crippen LogP contribution in [-0.2, 0) is 30.6 Å². The summed E-state index contributed by atoms with van der Waals surface area (Å²) < 4.78 is 61.2. The molecule has 0 radical (unpaired) electrons. The van der Waals surface area contributed by atoms with E-state index < -0.39 is 25.9 Å². The van der Waals surface area contributed by atoms with Crippen molar-refractivity contribution in [3.8, 4) is 0 Å². The third-order valence-electron chi connectivity index (χ3n) is 3.98. The van der Waals surface area contributed by atoms with Crippen LogP contribution in [0.1, 0.15) is 18.4 Å². The first-order chi connectivity index (χ1) is 13.5. The number of halogens is 1. The van der Waals surface area contributed by atoms with Crippen molar-refractivity contribution in [3.63, 3.8) is 0 Å². The van der Waals surface area contributed by atoms with E-state index in [4.69, 9.17) is 5.14 Å². The van der Waals surface area contributed by atoms with Gasteiger partial charge in [-0.1, -0.05) is 12.1 Å². The summed E-state index contributed by atoms with van der Waals surface area (Å²) in [7, 11) is -6.07. The fraction of sp³-hybridized carbons (Fsp3) is 0.278. The van der Waals surface area contributed by atoms with Crippen LogP contribution >= 0.6 is 0 Å². The molecule has 0 saturated carbocycles. The Balaban J connectivity index is 1.88. The van der Waals surface area contributed by atoms with Gasteiger partial charge in [0.1, 0.15) is 5.82 Å². The lowest BCUT2D eigenvalue weighted by Crippen LogP contribution is -2.28.